The molecule has 1 atom stereocenters. The van der Waals surface area contributed by atoms with Crippen molar-refractivity contribution in [3.63, 3.8) is 0 Å². The average molecular weight is 239 g/mol. The van der Waals surface area contributed by atoms with Crippen molar-refractivity contribution in [3.8, 4) is 0 Å². The average Bonchev–Trinajstić information content (AvgIpc) is 2.79. The minimum Gasteiger partial charge on any atom is -0.329 e. The number of nitrogens with two attached hydrogens (primary N) is 1. The summed E-state index contributed by atoms with van der Waals surface area (Å²) in [4.78, 5) is 2.51. The van der Waals surface area contributed by atoms with Gasteiger partial charge in [-0.3, -0.25) is 0 Å². The Bertz CT molecular complexity index is 202. The van der Waals surface area contributed by atoms with Gasteiger partial charge < -0.3 is 16.0 Å². The van der Waals surface area contributed by atoms with Gasteiger partial charge in [0.05, 0.1) is 0 Å². The molecule has 0 spiro atoms. The minimum absolute atomic E-state index is 0.808. The van der Waals surface area contributed by atoms with E-state index in [2.05, 4.69) is 10.2 Å². The second kappa shape index (κ2) is 7.34. The fraction of sp³-hybridized carbons (Fsp3) is 1.00. The molecule has 1 unspecified atom stereocenters. The molecule has 17 heavy (non-hydrogen) atoms. The van der Waals surface area contributed by atoms with Gasteiger partial charge in [0, 0.05) is 19.6 Å². The van der Waals surface area contributed by atoms with Crippen LogP contribution in [0, 0.1) is 11.8 Å². The molecule has 2 fully saturated rings. The third-order valence-corrected chi connectivity index (χ3v) is 4.41. The molecule has 3 nitrogen and oxygen atoms in total. The van der Waals surface area contributed by atoms with Gasteiger partial charge in [0.2, 0.25) is 0 Å². The molecule has 0 aromatic carbocycles. The van der Waals surface area contributed by atoms with Crippen LogP contribution in [-0.4, -0.2) is 44.2 Å². The lowest BCUT2D eigenvalue weighted by Gasteiger charge is -2.22. The van der Waals surface area contributed by atoms with Gasteiger partial charge >= 0.3 is 0 Å². The van der Waals surface area contributed by atoms with E-state index in [1.54, 1.807) is 0 Å². The van der Waals surface area contributed by atoms with Crippen LogP contribution >= 0.6 is 0 Å². The summed E-state index contributed by atoms with van der Waals surface area (Å²) >= 11 is 0. The maximum absolute atomic E-state index is 5.59. The monoisotopic (exact) mass is 239 g/mol. The first kappa shape index (κ1) is 13.3. The van der Waals surface area contributed by atoms with E-state index in [0.717, 1.165) is 24.9 Å². The van der Waals surface area contributed by atoms with E-state index in [4.69, 9.17) is 5.73 Å². The predicted molar refractivity (Wildman–Crippen MR) is 73.0 cm³/mol. The highest BCUT2D eigenvalue weighted by Crippen LogP contribution is 2.23. The van der Waals surface area contributed by atoms with Crippen molar-refractivity contribution in [3.05, 3.63) is 0 Å². The van der Waals surface area contributed by atoms with Crippen LogP contribution in [0.4, 0.5) is 0 Å². The van der Waals surface area contributed by atoms with E-state index in [0.29, 0.717) is 0 Å². The number of likely N-dealkylation sites (tertiary alicyclic amines) is 1. The number of rotatable bonds is 6. The normalized spacial score (nSPS) is 27.7. The first-order valence-corrected chi connectivity index (χ1v) is 7.51. The fourth-order valence-corrected chi connectivity index (χ4v) is 3.35. The van der Waals surface area contributed by atoms with Crippen LogP contribution in [0.25, 0.3) is 0 Å². The minimum atomic E-state index is 0.808. The Balaban J connectivity index is 1.53. The topological polar surface area (TPSA) is 41.3 Å². The van der Waals surface area contributed by atoms with Crippen molar-refractivity contribution < 1.29 is 0 Å². The molecule has 0 radical (unpaired) electrons. The fourth-order valence-electron chi connectivity index (χ4n) is 3.35. The lowest BCUT2D eigenvalue weighted by atomic mass is 9.89. The lowest BCUT2D eigenvalue weighted by molar-refractivity contribution is 0.315. The zero-order chi connectivity index (χ0) is 11.9. The van der Waals surface area contributed by atoms with Crippen molar-refractivity contribution in [1.82, 2.24) is 10.2 Å². The summed E-state index contributed by atoms with van der Waals surface area (Å²) < 4.78 is 0. The number of hydrogen-bond acceptors (Lipinski definition) is 3. The van der Waals surface area contributed by atoms with Crippen molar-refractivity contribution in [2.45, 2.75) is 38.5 Å². The van der Waals surface area contributed by atoms with E-state index in [9.17, 15) is 0 Å². The van der Waals surface area contributed by atoms with Crippen molar-refractivity contribution in [2.75, 3.05) is 39.3 Å². The highest BCUT2D eigenvalue weighted by molar-refractivity contribution is 4.78. The quantitative estimate of drug-likeness (QED) is 0.737. The zero-order valence-electron chi connectivity index (χ0n) is 11.2. The summed E-state index contributed by atoms with van der Waals surface area (Å²) in [5.41, 5.74) is 5.59. The molecule has 0 amide bonds. The van der Waals surface area contributed by atoms with E-state index >= 15 is 0 Å². The Morgan fingerprint density at radius 2 is 1.76 bits per heavy atom. The molecule has 3 heteroatoms. The first-order valence-electron chi connectivity index (χ1n) is 7.51. The van der Waals surface area contributed by atoms with E-state index < -0.39 is 0 Å². The molecule has 1 saturated heterocycles. The van der Waals surface area contributed by atoms with Crippen molar-refractivity contribution in [2.24, 2.45) is 17.6 Å². The van der Waals surface area contributed by atoms with Gasteiger partial charge in [0.25, 0.3) is 0 Å². The number of nitrogens with zero attached hydrogens (tertiary/aromatic N) is 1. The Morgan fingerprint density at radius 1 is 1.00 bits per heavy atom. The molecule has 1 aliphatic heterocycles. The Kier molecular flexibility index (Phi) is 5.75. The molecular weight excluding hydrogens is 210 g/mol. The second-order valence-electron chi connectivity index (χ2n) is 5.91. The molecule has 2 aliphatic rings. The molecule has 3 N–H and O–H groups in total. The maximum Gasteiger partial charge on any atom is 0.0105 e. The van der Waals surface area contributed by atoms with Crippen LogP contribution in [0.15, 0.2) is 0 Å². The zero-order valence-corrected chi connectivity index (χ0v) is 11.2. The third-order valence-electron chi connectivity index (χ3n) is 4.41. The van der Waals surface area contributed by atoms with Crippen LogP contribution in [0.5, 0.6) is 0 Å². The van der Waals surface area contributed by atoms with Crippen LogP contribution in [0.1, 0.15) is 38.5 Å². The molecule has 0 aromatic rings. The van der Waals surface area contributed by atoms with Gasteiger partial charge in [-0.05, 0) is 50.7 Å². The third kappa shape index (κ3) is 4.57. The largest absolute Gasteiger partial charge is 0.329 e. The van der Waals surface area contributed by atoms with Crippen LogP contribution < -0.4 is 11.1 Å². The van der Waals surface area contributed by atoms with Gasteiger partial charge in [-0.1, -0.05) is 19.3 Å². The van der Waals surface area contributed by atoms with Gasteiger partial charge in [-0.2, -0.15) is 0 Å². The summed E-state index contributed by atoms with van der Waals surface area (Å²) in [5.74, 6) is 1.83. The molecule has 2 rings (SSSR count). The van der Waals surface area contributed by atoms with Gasteiger partial charge in [0.15, 0.2) is 0 Å². The molecule has 1 heterocycles. The summed E-state index contributed by atoms with van der Waals surface area (Å²) in [7, 11) is 0. The Hall–Kier alpha value is -0.120. The summed E-state index contributed by atoms with van der Waals surface area (Å²) in [5, 5.41) is 3.70. The van der Waals surface area contributed by atoms with Crippen LogP contribution in [0.2, 0.25) is 0 Å². The molecule has 100 valence electrons. The highest BCUT2D eigenvalue weighted by atomic mass is 15.2. The lowest BCUT2D eigenvalue weighted by Crippen LogP contribution is -2.32. The number of hydrogen-bond donors (Lipinski definition) is 2. The molecule has 0 bridgehead atoms. The number of nitrogens with one attached hydrogen (secondary N) is 1. The molecule has 1 aliphatic carbocycles. The van der Waals surface area contributed by atoms with Crippen molar-refractivity contribution in [1.29, 1.82) is 0 Å². The van der Waals surface area contributed by atoms with Gasteiger partial charge in [-0.25, -0.2) is 0 Å². The molecule has 1 saturated carbocycles. The molecule has 0 aromatic heterocycles. The standard InChI is InChI=1S/C14H29N3/c15-7-9-17-8-6-14(12-17)11-16-10-13-4-2-1-3-5-13/h13-14,16H,1-12,15H2. The summed E-state index contributed by atoms with van der Waals surface area (Å²) in [6, 6.07) is 0. The second-order valence-corrected chi connectivity index (χ2v) is 5.91. The Labute approximate surface area is 106 Å². The van der Waals surface area contributed by atoms with Crippen LogP contribution in [0.3, 0.4) is 0 Å². The SMILES string of the molecule is NCCN1CCC(CNCC2CCCCC2)C1. The Morgan fingerprint density at radius 3 is 2.53 bits per heavy atom. The van der Waals surface area contributed by atoms with Gasteiger partial charge in [-0.15, -0.1) is 0 Å². The smallest absolute Gasteiger partial charge is 0.0105 e. The van der Waals surface area contributed by atoms with Gasteiger partial charge in [0.1, 0.15) is 0 Å². The molecular formula is C14H29N3. The van der Waals surface area contributed by atoms with Crippen molar-refractivity contribution >= 4 is 0 Å². The van der Waals surface area contributed by atoms with Crippen LogP contribution in [-0.2, 0) is 0 Å². The first-order chi connectivity index (χ1) is 8.38. The summed E-state index contributed by atoms with van der Waals surface area (Å²) in [6.07, 6.45) is 8.65. The van der Waals surface area contributed by atoms with E-state index in [-0.39, 0.29) is 0 Å². The predicted octanol–water partition coefficient (Wildman–Crippen LogP) is 1.44. The van der Waals surface area contributed by atoms with E-state index in [1.165, 1.54) is 64.7 Å². The van der Waals surface area contributed by atoms with E-state index in [1.807, 2.05) is 0 Å². The maximum atomic E-state index is 5.59. The highest BCUT2D eigenvalue weighted by Gasteiger charge is 2.21. The summed E-state index contributed by atoms with van der Waals surface area (Å²) in [6.45, 7) is 6.88.